The molecule has 5 heteroatoms. The highest BCUT2D eigenvalue weighted by atomic mass is 16.5. The number of carboxylic acid groups (broad SMARTS) is 1. The molecule has 0 saturated carbocycles. The van der Waals surface area contributed by atoms with Gasteiger partial charge < -0.3 is 15.2 Å². The number of nitrogens with one attached hydrogen (secondary N) is 1. The number of hydrogen-bond donors (Lipinski definition) is 2. The van der Waals surface area contributed by atoms with Crippen molar-refractivity contribution in [3.8, 4) is 5.75 Å². The second-order valence-corrected chi connectivity index (χ2v) is 5.52. The van der Waals surface area contributed by atoms with E-state index in [1.807, 2.05) is 6.92 Å². The van der Waals surface area contributed by atoms with E-state index in [2.05, 4.69) is 19.2 Å². The van der Waals surface area contributed by atoms with Crippen molar-refractivity contribution in [1.82, 2.24) is 5.32 Å². The van der Waals surface area contributed by atoms with Gasteiger partial charge in [0.2, 0.25) is 0 Å². The first-order valence-corrected chi connectivity index (χ1v) is 7.09. The minimum Gasteiger partial charge on any atom is -0.481 e. The molecule has 0 fully saturated rings. The Balaban J connectivity index is 2.65. The highest BCUT2D eigenvalue weighted by Gasteiger charge is 2.16. The SMILES string of the molecule is Cc1ccc(C(=O)O)cc1OC(C)C(=O)NCCC(C)C. The van der Waals surface area contributed by atoms with Gasteiger partial charge >= 0.3 is 5.97 Å². The van der Waals surface area contributed by atoms with Gasteiger partial charge in [-0.05, 0) is 43.9 Å². The van der Waals surface area contributed by atoms with Crippen LogP contribution in [0, 0.1) is 12.8 Å². The Morgan fingerprint density at radius 3 is 2.52 bits per heavy atom. The zero-order valence-electron chi connectivity index (χ0n) is 13.0. The van der Waals surface area contributed by atoms with Crippen molar-refractivity contribution in [3.63, 3.8) is 0 Å². The third-order valence-corrected chi connectivity index (χ3v) is 3.13. The molecular weight excluding hydrogens is 270 g/mol. The first-order valence-electron chi connectivity index (χ1n) is 7.09. The monoisotopic (exact) mass is 293 g/mol. The number of benzene rings is 1. The minimum atomic E-state index is -1.02. The van der Waals surface area contributed by atoms with Gasteiger partial charge in [0.25, 0.3) is 5.91 Å². The number of carbonyl (C=O) groups excluding carboxylic acids is 1. The second-order valence-electron chi connectivity index (χ2n) is 5.52. The molecule has 0 aliphatic rings. The largest absolute Gasteiger partial charge is 0.481 e. The third-order valence-electron chi connectivity index (χ3n) is 3.13. The maximum absolute atomic E-state index is 11.9. The normalized spacial score (nSPS) is 12.0. The van der Waals surface area contributed by atoms with Crippen molar-refractivity contribution in [2.45, 2.75) is 40.2 Å². The van der Waals surface area contributed by atoms with E-state index < -0.39 is 12.1 Å². The smallest absolute Gasteiger partial charge is 0.335 e. The highest BCUT2D eigenvalue weighted by Crippen LogP contribution is 2.21. The van der Waals surface area contributed by atoms with Crippen LogP contribution in [0.15, 0.2) is 18.2 Å². The molecule has 5 nitrogen and oxygen atoms in total. The molecule has 0 radical (unpaired) electrons. The van der Waals surface area contributed by atoms with Crippen molar-refractivity contribution in [3.05, 3.63) is 29.3 Å². The molecule has 1 aromatic carbocycles. The number of rotatable bonds is 7. The Hall–Kier alpha value is -2.04. The standard InChI is InChI=1S/C16H23NO4/c1-10(2)7-8-17-15(18)12(4)21-14-9-13(16(19)20)6-5-11(14)3/h5-6,9-10,12H,7-8H2,1-4H3,(H,17,18)(H,19,20). The zero-order valence-corrected chi connectivity index (χ0v) is 13.0. The Kier molecular flexibility index (Phi) is 6.21. The molecule has 1 unspecified atom stereocenters. The minimum absolute atomic E-state index is 0.142. The lowest BCUT2D eigenvalue weighted by Crippen LogP contribution is -2.37. The molecule has 21 heavy (non-hydrogen) atoms. The van der Waals surface area contributed by atoms with E-state index in [1.54, 1.807) is 13.0 Å². The molecule has 2 N–H and O–H groups in total. The molecule has 0 heterocycles. The van der Waals surface area contributed by atoms with Crippen molar-refractivity contribution >= 4 is 11.9 Å². The predicted molar refractivity (Wildman–Crippen MR) is 80.7 cm³/mol. The fourth-order valence-electron chi connectivity index (χ4n) is 1.73. The first kappa shape index (κ1) is 17.0. The van der Waals surface area contributed by atoms with Crippen molar-refractivity contribution < 1.29 is 19.4 Å². The molecule has 1 amide bonds. The van der Waals surface area contributed by atoms with Gasteiger partial charge in [-0.25, -0.2) is 4.79 Å². The number of carbonyl (C=O) groups is 2. The molecule has 0 aliphatic carbocycles. The molecule has 0 aliphatic heterocycles. The number of hydrogen-bond acceptors (Lipinski definition) is 3. The number of aromatic carboxylic acids is 1. The highest BCUT2D eigenvalue weighted by molar-refractivity contribution is 5.88. The van der Waals surface area contributed by atoms with E-state index in [0.29, 0.717) is 18.2 Å². The predicted octanol–water partition coefficient (Wildman–Crippen LogP) is 2.62. The molecular formula is C16H23NO4. The summed E-state index contributed by atoms with van der Waals surface area (Å²) in [7, 11) is 0. The Morgan fingerprint density at radius 2 is 1.95 bits per heavy atom. The lowest BCUT2D eigenvalue weighted by Gasteiger charge is -2.17. The fourth-order valence-corrected chi connectivity index (χ4v) is 1.73. The Labute approximate surface area is 125 Å². The van der Waals surface area contributed by atoms with Crippen LogP contribution in [0.1, 0.15) is 43.1 Å². The van der Waals surface area contributed by atoms with Gasteiger partial charge in [0, 0.05) is 6.54 Å². The van der Waals surface area contributed by atoms with Gasteiger partial charge in [-0.1, -0.05) is 19.9 Å². The van der Waals surface area contributed by atoms with Crippen LogP contribution in [0.5, 0.6) is 5.75 Å². The van der Waals surface area contributed by atoms with Crippen LogP contribution in [-0.4, -0.2) is 29.6 Å². The zero-order chi connectivity index (χ0) is 16.0. The molecule has 0 spiro atoms. The van der Waals surface area contributed by atoms with Gasteiger partial charge in [-0.3, -0.25) is 4.79 Å². The number of aryl methyl sites for hydroxylation is 1. The average Bonchev–Trinajstić information content (AvgIpc) is 2.40. The molecule has 1 aromatic rings. The topological polar surface area (TPSA) is 75.6 Å². The number of ether oxygens (including phenoxy) is 1. The van der Waals surface area contributed by atoms with E-state index in [0.717, 1.165) is 12.0 Å². The summed E-state index contributed by atoms with van der Waals surface area (Å²) in [6, 6.07) is 4.62. The van der Waals surface area contributed by atoms with Crippen LogP contribution >= 0.6 is 0 Å². The van der Waals surface area contributed by atoms with Crippen molar-refractivity contribution in [2.24, 2.45) is 5.92 Å². The van der Waals surface area contributed by atoms with Gasteiger partial charge in [-0.15, -0.1) is 0 Å². The van der Waals surface area contributed by atoms with Crippen LogP contribution in [-0.2, 0) is 4.79 Å². The number of carboxylic acids is 1. The van der Waals surface area contributed by atoms with Crippen LogP contribution in [0.2, 0.25) is 0 Å². The van der Waals surface area contributed by atoms with Gasteiger partial charge in [0.15, 0.2) is 6.10 Å². The van der Waals surface area contributed by atoms with Crippen LogP contribution in [0.4, 0.5) is 0 Å². The van der Waals surface area contributed by atoms with E-state index >= 15 is 0 Å². The maximum atomic E-state index is 11.9. The summed E-state index contributed by atoms with van der Waals surface area (Å²) in [4.78, 5) is 22.9. The molecule has 1 atom stereocenters. The van der Waals surface area contributed by atoms with Crippen LogP contribution in [0.3, 0.4) is 0 Å². The second kappa shape index (κ2) is 7.67. The summed E-state index contributed by atoms with van der Waals surface area (Å²) < 4.78 is 5.58. The van der Waals surface area contributed by atoms with Crippen LogP contribution < -0.4 is 10.1 Å². The first-order chi connectivity index (χ1) is 9.81. The molecule has 0 saturated heterocycles. The summed E-state index contributed by atoms with van der Waals surface area (Å²) in [5, 5.41) is 11.8. The van der Waals surface area contributed by atoms with E-state index in [4.69, 9.17) is 9.84 Å². The fraction of sp³-hybridized carbons (Fsp3) is 0.500. The van der Waals surface area contributed by atoms with Crippen molar-refractivity contribution in [1.29, 1.82) is 0 Å². The van der Waals surface area contributed by atoms with Gasteiger partial charge in [0.05, 0.1) is 5.56 Å². The Morgan fingerprint density at radius 1 is 1.29 bits per heavy atom. The van der Waals surface area contributed by atoms with E-state index in [9.17, 15) is 9.59 Å². The lowest BCUT2D eigenvalue weighted by atomic mass is 10.1. The van der Waals surface area contributed by atoms with Gasteiger partial charge in [0.1, 0.15) is 5.75 Å². The molecule has 116 valence electrons. The summed E-state index contributed by atoms with van der Waals surface area (Å²) in [5.41, 5.74) is 0.935. The molecule has 0 bridgehead atoms. The summed E-state index contributed by atoms with van der Waals surface area (Å²) in [6.07, 6.45) is 0.242. The van der Waals surface area contributed by atoms with E-state index in [-0.39, 0.29) is 11.5 Å². The lowest BCUT2D eigenvalue weighted by molar-refractivity contribution is -0.127. The Bertz CT molecular complexity index is 511. The third kappa shape index (κ3) is 5.45. The molecule has 0 aromatic heterocycles. The quantitative estimate of drug-likeness (QED) is 0.810. The van der Waals surface area contributed by atoms with Crippen LogP contribution in [0.25, 0.3) is 0 Å². The molecule has 1 rings (SSSR count). The van der Waals surface area contributed by atoms with Gasteiger partial charge in [-0.2, -0.15) is 0 Å². The van der Waals surface area contributed by atoms with E-state index in [1.165, 1.54) is 12.1 Å². The summed E-state index contributed by atoms with van der Waals surface area (Å²) in [5.74, 6) is -0.276. The number of amides is 1. The summed E-state index contributed by atoms with van der Waals surface area (Å²) in [6.45, 7) is 8.25. The maximum Gasteiger partial charge on any atom is 0.335 e. The summed E-state index contributed by atoms with van der Waals surface area (Å²) >= 11 is 0. The van der Waals surface area contributed by atoms with Crippen molar-refractivity contribution in [2.75, 3.05) is 6.54 Å². The average molecular weight is 293 g/mol.